The number of hydrogen-bond donors (Lipinski definition) is 2. The smallest absolute Gasteiger partial charge is 0.252 e. The molecule has 0 atom stereocenters. The van der Waals surface area contributed by atoms with Crippen molar-refractivity contribution < 1.29 is 9.18 Å². The average molecular weight is 398 g/mol. The van der Waals surface area contributed by atoms with E-state index < -0.39 is 0 Å². The molecule has 1 aromatic carbocycles. The van der Waals surface area contributed by atoms with Gasteiger partial charge in [-0.15, -0.1) is 0 Å². The molecule has 3 rings (SSSR count). The molecule has 1 amide bonds. The van der Waals surface area contributed by atoms with Crippen molar-refractivity contribution in [3.05, 3.63) is 60.2 Å². The van der Waals surface area contributed by atoms with Crippen molar-refractivity contribution in [3.63, 3.8) is 0 Å². The van der Waals surface area contributed by atoms with Gasteiger partial charge in [0.2, 0.25) is 0 Å². The molecule has 1 aliphatic heterocycles. The number of rotatable bonds is 6. The first kappa shape index (κ1) is 20.6. The molecular weight excluding hydrogens is 371 g/mol. The van der Waals surface area contributed by atoms with Gasteiger partial charge >= 0.3 is 0 Å². The van der Waals surface area contributed by atoms with Crippen LogP contribution in [0.4, 0.5) is 10.1 Å². The molecule has 1 fully saturated rings. The predicted molar refractivity (Wildman–Crippen MR) is 113 cm³/mol. The number of pyridine rings is 1. The first-order valence-corrected chi connectivity index (χ1v) is 9.89. The van der Waals surface area contributed by atoms with Crippen LogP contribution in [-0.4, -0.2) is 67.6 Å². The Labute approximate surface area is 170 Å². The molecule has 1 aliphatic rings. The summed E-state index contributed by atoms with van der Waals surface area (Å²) in [6.45, 7) is 7.09. The number of carbonyl (C=O) groups is 1. The highest BCUT2D eigenvalue weighted by molar-refractivity contribution is 5.93. The van der Waals surface area contributed by atoms with Crippen LogP contribution < -0.4 is 15.5 Å². The number of benzene rings is 1. The van der Waals surface area contributed by atoms with Gasteiger partial charge < -0.3 is 20.4 Å². The molecule has 2 N–H and O–H groups in total. The van der Waals surface area contributed by atoms with Crippen LogP contribution in [-0.2, 0) is 0 Å². The summed E-state index contributed by atoms with van der Waals surface area (Å²) in [7, 11) is 0. The summed E-state index contributed by atoms with van der Waals surface area (Å²) < 4.78 is 13.1. The van der Waals surface area contributed by atoms with Crippen LogP contribution in [0.5, 0.6) is 0 Å². The van der Waals surface area contributed by atoms with Crippen LogP contribution in [0.15, 0.2) is 53.8 Å². The Balaban J connectivity index is 1.49. The van der Waals surface area contributed by atoms with Crippen LogP contribution in [0.2, 0.25) is 0 Å². The largest absolute Gasteiger partial charge is 0.368 e. The van der Waals surface area contributed by atoms with Crippen molar-refractivity contribution in [1.82, 2.24) is 20.5 Å². The predicted octanol–water partition coefficient (Wildman–Crippen LogP) is 1.74. The fourth-order valence-corrected chi connectivity index (χ4v) is 3.18. The Kier molecular flexibility index (Phi) is 7.38. The van der Waals surface area contributed by atoms with Crippen LogP contribution in [0.3, 0.4) is 0 Å². The molecule has 0 spiro atoms. The summed E-state index contributed by atoms with van der Waals surface area (Å²) >= 11 is 0. The molecule has 2 heterocycles. The third-order valence-corrected chi connectivity index (χ3v) is 4.69. The number of guanidine groups is 1. The number of anilines is 1. The number of nitrogens with one attached hydrogen (secondary N) is 2. The maximum atomic E-state index is 13.1. The molecule has 7 nitrogen and oxygen atoms in total. The molecule has 1 aromatic heterocycles. The Morgan fingerprint density at radius 2 is 1.90 bits per heavy atom. The number of hydrogen-bond acceptors (Lipinski definition) is 4. The van der Waals surface area contributed by atoms with Gasteiger partial charge in [0.15, 0.2) is 5.96 Å². The Hall–Kier alpha value is -3.16. The van der Waals surface area contributed by atoms with Gasteiger partial charge in [0.05, 0.1) is 12.1 Å². The quantitative estimate of drug-likeness (QED) is 0.441. The standard InChI is InChI=1S/C21H27FN6O/c1-2-24-21(26-11-10-25-20(29)17-4-3-9-23-16-17)28-14-12-27(13-15-28)19-7-5-18(22)6-8-19/h3-9,16H,2,10-15H2,1H3,(H,24,26)(H,25,29). The molecule has 29 heavy (non-hydrogen) atoms. The monoisotopic (exact) mass is 398 g/mol. The lowest BCUT2D eigenvalue weighted by Gasteiger charge is -2.37. The number of halogens is 1. The van der Waals surface area contributed by atoms with Crippen molar-refractivity contribution in [2.24, 2.45) is 4.99 Å². The zero-order valence-corrected chi connectivity index (χ0v) is 16.6. The number of aliphatic imine (C=N–C) groups is 1. The highest BCUT2D eigenvalue weighted by Gasteiger charge is 2.19. The molecule has 154 valence electrons. The van der Waals surface area contributed by atoms with Gasteiger partial charge in [-0.25, -0.2) is 4.39 Å². The van der Waals surface area contributed by atoms with E-state index in [0.29, 0.717) is 18.7 Å². The zero-order chi connectivity index (χ0) is 20.5. The van der Waals surface area contributed by atoms with Gasteiger partial charge in [-0.2, -0.15) is 0 Å². The minimum absolute atomic E-state index is 0.147. The van der Waals surface area contributed by atoms with Crippen LogP contribution >= 0.6 is 0 Å². The van der Waals surface area contributed by atoms with Crippen molar-refractivity contribution in [2.75, 3.05) is 50.7 Å². The van der Waals surface area contributed by atoms with E-state index in [1.54, 1.807) is 24.5 Å². The summed E-state index contributed by atoms with van der Waals surface area (Å²) in [5.41, 5.74) is 1.58. The highest BCUT2D eigenvalue weighted by Crippen LogP contribution is 2.16. The number of amides is 1. The zero-order valence-electron chi connectivity index (χ0n) is 16.6. The molecule has 0 bridgehead atoms. The Morgan fingerprint density at radius 1 is 1.14 bits per heavy atom. The lowest BCUT2D eigenvalue weighted by molar-refractivity contribution is 0.0954. The lowest BCUT2D eigenvalue weighted by atomic mass is 10.2. The number of nitrogens with zero attached hydrogens (tertiary/aromatic N) is 4. The van der Waals surface area contributed by atoms with Gasteiger partial charge in [-0.1, -0.05) is 0 Å². The first-order chi connectivity index (χ1) is 14.2. The molecule has 0 unspecified atom stereocenters. The average Bonchev–Trinajstić information content (AvgIpc) is 2.77. The van der Waals surface area contributed by atoms with Crippen LogP contribution in [0, 0.1) is 5.82 Å². The van der Waals surface area contributed by atoms with E-state index in [1.807, 2.05) is 19.1 Å². The second-order valence-electron chi connectivity index (χ2n) is 6.68. The van der Waals surface area contributed by atoms with E-state index in [2.05, 4.69) is 30.4 Å². The third-order valence-electron chi connectivity index (χ3n) is 4.69. The summed E-state index contributed by atoms with van der Waals surface area (Å²) in [6, 6.07) is 10.1. The van der Waals surface area contributed by atoms with E-state index in [-0.39, 0.29) is 11.7 Å². The minimum atomic E-state index is -0.218. The normalized spacial score (nSPS) is 14.6. The lowest BCUT2D eigenvalue weighted by Crippen LogP contribution is -2.52. The van der Waals surface area contributed by atoms with E-state index in [0.717, 1.165) is 44.4 Å². The molecular formula is C21H27FN6O. The van der Waals surface area contributed by atoms with Crippen molar-refractivity contribution in [3.8, 4) is 0 Å². The Morgan fingerprint density at radius 3 is 2.55 bits per heavy atom. The second kappa shape index (κ2) is 10.4. The number of aromatic nitrogens is 1. The van der Waals surface area contributed by atoms with Crippen molar-refractivity contribution in [2.45, 2.75) is 6.92 Å². The van der Waals surface area contributed by atoms with Gasteiger partial charge in [0.1, 0.15) is 5.82 Å². The summed E-state index contributed by atoms with van der Waals surface area (Å²) in [4.78, 5) is 25.1. The molecule has 0 radical (unpaired) electrons. The van der Waals surface area contributed by atoms with Crippen LogP contribution in [0.1, 0.15) is 17.3 Å². The van der Waals surface area contributed by atoms with Gasteiger partial charge in [0.25, 0.3) is 5.91 Å². The van der Waals surface area contributed by atoms with Crippen molar-refractivity contribution in [1.29, 1.82) is 0 Å². The van der Waals surface area contributed by atoms with E-state index in [9.17, 15) is 9.18 Å². The summed E-state index contributed by atoms with van der Waals surface area (Å²) in [5, 5.41) is 6.18. The van der Waals surface area contributed by atoms with Gasteiger partial charge in [-0.3, -0.25) is 14.8 Å². The van der Waals surface area contributed by atoms with E-state index >= 15 is 0 Å². The summed E-state index contributed by atoms with van der Waals surface area (Å²) in [6.07, 6.45) is 3.18. The number of piperazine rings is 1. The third kappa shape index (κ3) is 5.91. The van der Waals surface area contributed by atoms with Crippen LogP contribution in [0.25, 0.3) is 0 Å². The molecule has 2 aromatic rings. The fourth-order valence-electron chi connectivity index (χ4n) is 3.18. The van der Waals surface area contributed by atoms with E-state index in [1.165, 1.54) is 12.1 Å². The molecule has 1 saturated heterocycles. The van der Waals surface area contributed by atoms with Gasteiger partial charge in [-0.05, 0) is 43.3 Å². The Bertz CT molecular complexity index is 804. The maximum absolute atomic E-state index is 13.1. The molecule has 8 heteroatoms. The fraction of sp³-hybridized carbons (Fsp3) is 0.381. The SMILES string of the molecule is CCNC(=NCCNC(=O)c1cccnc1)N1CCN(c2ccc(F)cc2)CC1. The minimum Gasteiger partial charge on any atom is -0.368 e. The van der Waals surface area contributed by atoms with Gasteiger partial charge in [0, 0.05) is 57.3 Å². The molecule has 0 saturated carbocycles. The topological polar surface area (TPSA) is 72.9 Å². The van der Waals surface area contributed by atoms with E-state index in [4.69, 9.17) is 0 Å². The second-order valence-corrected chi connectivity index (χ2v) is 6.68. The highest BCUT2D eigenvalue weighted by atomic mass is 19.1. The molecule has 0 aliphatic carbocycles. The number of carbonyl (C=O) groups excluding carboxylic acids is 1. The van der Waals surface area contributed by atoms with Crippen molar-refractivity contribution >= 4 is 17.6 Å². The summed E-state index contributed by atoms with van der Waals surface area (Å²) in [5.74, 6) is 0.484. The maximum Gasteiger partial charge on any atom is 0.252 e. The first-order valence-electron chi connectivity index (χ1n) is 9.89.